The molecule has 2 N–H and O–H groups in total. The molecule has 0 spiro atoms. The van der Waals surface area contributed by atoms with Gasteiger partial charge in [-0.1, -0.05) is 11.6 Å². The highest BCUT2D eigenvalue weighted by molar-refractivity contribution is 7.99. The van der Waals surface area contributed by atoms with Crippen LogP contribution in [0.2, 0.25) is 5.02 Å². The third-order valence-corrected chi connectivity index (χ3v) is 4.37. The monoisotopic (exact) mass is 315 g/mol. The standard InChI is InChI=1S/C14H18ClNO3S/c15-11-1-3-12(4-2-11)20-8-5-13(17)16-9-14(18)6-7-19-10-14/h1-4,18H,5-10H2,(H,16,17). The van der Waals surface area contributed by atoms with Crippen LogP contribution in [0.5, 0.6) is 0 Å². The molecule has 1 unspecified atom stereocenters. The number of halogens is 1. The Bertz CT molecular complexity index is 446. The zero-order valence-corrected chi connectivity index (χ0v) is 12.7. The molecule has 1 heterocycles. The lowest BCUT2D eigenvalue weighted by Crippen LogP contribution is -2.43. The first kappa shape index (κ1) is 15.6. The van der Waals surface area contributed by atoms with Crippen LogP contribution < -0.4 is 5.32 Å². The van der Waals surface area contributed by atoms with Gasteiger partial charge in [0.25, 0.3) is 0 Å². The van der Waals surface area contributed by atoms with Crippen LogP contribution in [0.3, 0.4) is 0 Å². The van der Waals surface area contributed by atoms with Gasteiger partial charge >= 0.3 is 0 Å². The lowest BCUT2D eigenvalue weighted by atomic mass is 10.0. The summed E-state index contributed by atoms with van der Waals surface area (Å²) in [6.45, 7) is 1.11. The number of benzene rings is 1. The van der Waals surface area contributed by atoms with E-state index >= 15 is 0 Å². The molecule has 1 aromatic rings. The topological polar surface area (TPSA) is 58.6 Å². The first-order chi connectivity index (χ1) is 9.57. The third kappa shape index (κ3) is 4.98. The third-order valence-electron chi connectivity index (χ3n) is 3.11. The number of amides is 1. The number of aliphatic hydroxyl groups is 1. The van der Waals surface area contributed by atoms with E-state index in [1.807, 2.05) is 24.3 Å². The summed E-state index contributed by atoms with van der Waals surface area (Å²) in [5, 5.41) is 13.5. The molecule has 0 aromatic heterocycles. The summed E-state index contributed by atoms with van der Waals surface area (Å²) >= 11 is 7.41. The number of rotatable bonds is 6. The van der Waals surface area contributed by atoms with Gasteiger partial charge in [0.1, 0.15) is 5.60 Å². The molecule has 110 valence electrons. The first-order valence-electron chi connectivity index (χ1n) is 6.53. The Morgan fingerprint density at radius 2 is 2.20 bits per heavy atom. The number of nitrogens with one attached hydrogen (secondary N) is 1. The van der Waals surface area contributed by atoms with E-state index in [0.29, 0.717) is 36.8 Å². The van der Waals surface area contributed by atoms with Crippen molar-refractivity contribution < 1.29 is 14.6 Å². The molecule has 1 atom stereocenters. The Morgan fingerprint density at radius 3 is 2.85 bits per heavy atom. The number of ether oxygens (including phenoxy) is 1. The van der Waals surface area contributed by atoms with Crippen LogP contribution in [0.1, 0.15) is 12.8 Å². The molecule has 1 aliphatic heterocycles. The van der Waals surface area contributed by atoms with Crippen molar-refractivity contribution in [3.8, 4) is 0 Å². The number of thioether (sulfide) groups is 1. The lowest BCUT2D eigenvalue weighted by Gasteiger charge is -2.20. The van der Waals surface area contributed by atoms with Crippen molar-refractivity contribution in [2.45, 2.75) is 23.3 Å². The smallest absolute Gasteiger partial charge is 0.220 e. The van der Waals surface area contributed by atoms with Gasteiger partial charge in [-0.3, -0.25) is 4.79 Å². The normalized spacial score (nSPS) is 21.9. The molecule has 1 saturated heterocycles. The predicted molar refractivity (Wildman–Crippen MR) is 80.2 cm³/mol. The van der Waals surface area contributed by atoms with E-state index in [2.05, 4.69) is 5.32 Å². The van der Waals surface area contributed by atoms with Crippen molar-refractivity contribution >= 4 is 29.3 Å². The molecule has 0 radical (unpaired) electrons. The zero-order valence-electron chi connectivity index (χ0n) is 11.1. The van der Waals surface area contributed by atoms with Crippen LogP contribution in [-0.2, 0) is 9.53 Å². The molecular weight excluding hydrogens is 298 g/mol. The molecule has 2 rings (SSSR count). The summed E-state index contributed by atoms with van der Waals surface area (Å²) < 4.78 is 5.12. The molecule has 20 heavy (non-hydrogen) atoms. The second kappa shape index (κ2) is 7.31. The summed E-state index contributed by atoms with van der Waals surface area (Å²) in [6, 6.07) is 7.53. The van der Waals surface area contributed by atoms with E-state index in [-0.39, 0.29) is 12.5 Å². The van der Waals surface area contributed by atoms with Crippen LogP contribution in [-0.4, -0.2) is 42.1 Å². The maximum Gasteiger partial charge on any atom is 0.220 e. The molecule has 0 saturated carbocycles. The molecule has 6 heteroatoms. The van der Waals surface area contributed by atoms with Gasteiger partial charge in [0.15, 0.2) is 0 Å². The maximum absolute atomic E-state index is 11.7. The lowest BCUT2D eigenvalue weighted by molar-refractivity contribution is -0.121. The van der Waals surface area contributed by atoms with Gasteiger partial charge in [0.05, 0.1) is 6.61 Å². The van der Waals surface area contributed by atoms with Gasteiger partial charge < -0.3 is 15.2 Å². The number of carbonyl (C=O) groups is 1. The predicted octanol–water partition coefficient (Wildman–Crippen LogP) is 2.09. The van der Waals surface area contributed by atoms with Crippen LogP contribution >= 0.6 is 23.4 Å². The van der Waals surface area contributed by atoms with Crippen LogP contribution in [0.4, 0.5) is 0 Å². The van der Waals surface area contributed by atoms with Gasteiger partial charge in [-0.15, -0.1) is 11.8 Å². The van der Waals surface area contributed by atoms with Crippen molar-refractivity contribution in [2.75, 3.05) is 25.5 Å². The minimum absolute atomic E-state index is 0.0493. The van der Waals surface area contributed by atoms with Gasteiger partial charge in [0, 0.05) is 41.7 Å². The molecule has 0 aliphatic carbocycles. The molecule has 1 amide bonds. The van der Waals surface area contributed by atoms with Gasteiger partial charge in [-0.2, -0.15) is 0 Å². The number of carbonyl (C=O) groups excluding carboxylic acids is 1. The van der Waals surface area contributed by atoms with Crippen molar-refractivity contribution in [3.63, 3.8) is 0 Å². The summed E-state index contributed by atoms with van der Waals surface area (Å²) in [6.07, 6.45) is 0.997. The largest absolute Gasteiger partial charge is 0.386 e. The van der Waals surface area contributed by atoms with Crippen molar-refractivity contribution in [1.82, 2.24) is 5.32 Å². The van der Waals surface area contributed by atoms with Gasteiger partial charge in [0.2, 0.25) is 5.91 Å². The summed E-state index contributed by atoms with van der Waals surface area (Å²) in [5.41, 5.74) is -0.890. The first-order valence-corrected chi connectivity index (χ1v) is 7.89. The van der Waals surface area contributed by atoms with Gasteiger partial charge in [-0.05, 0) is 24.3 Å². The Balaban J connectivity index is 1.64. The molecule has 1 fully saturated rings. The van der Waals surface area contributed by atoms with Crippen LogP contribution in [0.15, 0.2) is 29.2 Å². The molecule has 1 aromatic carbocycles. The number of hydrogen-bond donors (Lipinski definition) is 2. The fourth-order valence-corrected chi connectivity index (χ4v) is 2.86. The Hall–Kier alpha value is -0.750. The molecule has 0 bridgehead atoms. The number of hydrogen-bond acceptors (Lipinski definition) is 4. The highest BCUT2D eigenvalue weighted by atomic mass is 35.5. The fourth-order valence-electron chi connectivity index (χ4n) is 1.88. The van der Waals surface area contributed by atoms with E-state index in [4.69, 9.17) is 16.3 Å². The summed E-state index contributed by atoms with van der Waals surface area (Å²) in [5.74, 6) is 0.648. The average Bonchev–Trinajstić information content (AvgIpc) is 2.86. The van der Waals surface area contributed by atoms with E-state index in [1.54, 1.807) is 11.8 Å². The SMILES string of the molecule is O=C(CCSc1ccc(Cl)cc1)NCC1(O)CCOC1. The quantitative estimate of drug-likeness (QED) is 0.789. The van der Waals surface area contributed by atoms with Crippen molar-refractivity contribution in [3.05, 3.63) is 29.3 Å². The minimum Gasteiger partial charge on any atom is -0.386 e. The van der Waals surface area contributed by atoms with E-state index in [9.17, 15) is 9.90 Å². The second-order valence-electron chi connectivity index (χ2n) is 4.86. The van der Waals surface area contributed by atoms with Crippen LogP contribution in [0.25, 0.3) is 0 Å². The van der Waals surface area contributed by atoms with E-state index in [0.717, 1.165) is 4.90 Å². The maximum atomic E-state index is 11.7. The van der Waals surface area contributed by atoms with E-state index < -0.39 is 5.60 Å². The highest BCUT2D eigenvalue weighted by Crippen LogP contribution is 2.21. The average molecular weight is 316 g/mol. The fraction of sp³-hybridized carbons (Fsp3) is 0.500. The van der Waals surface area contributed by atoms with Crippen molar-refractivity contribution in [1.29, 1.82) is 0 Å². The zero-order chi connectivity index (χ0) is 14.4. The minimum atomic E-state index is -0.890. The summed E-state index contributed by atoms with van der Waals surface area (Å²) in [7, 11) is 0. The molecule has 1 aliphatic rings. The second-order valence-corrected chi connectivity index (χ2v) is 6.46. The Labute approximate surface area is 127 Å². The van der Waals surface area contributed by atoms with Gasteiger partial charge in [-0.25, -0.2) is 0 Å². The van der Waals surface area contributed by atoms with Crippen LogP contribution in [0, 0.1) is 0 Å². The molecule has 4 nitrogen and oxygen atoms in total. The highest BCUT2D eigenvalue weighted by Gasteiger charge is 2.32. The molecular formula is C14H18ClNO3S. The Morgan fingerprint density at radius 1 is 1.45 bits per heavy atom. The summed E-state index contributed by atoms with van der Waals surface area (Å²) in [4.78, 5) is 12.8. The van der Waals surface area contributed by atoms with E-state index in [1.165, 1.54) is 0 Å². The van der Waals surface area contributed by atoms with Crippen molar-refractivity contribution in [2.24, 2.45) is 0 Å². The Kier molecular flexibility index (Phi) is 5.72.